The number of rotatable bonds is 3. The standard InChI is InChI=1S/C11H14ClFN2O/c1-11(2,14)6-10(16)15-9-5-7(12)3-4-8(9)13/h3-5H,6,14H2,1-2H3,(H,15,16). The van der Waals surface area contributed by atoms with Crippen LogP contribution in [-0.4, -0.2) is 11.4 Å². The lowest BCUT2D eigenvalue weighted by molar-refractivity contribution is -0.117. The highest BCUT2D eigenvalue weighted by Crippen LogP contribution is 2.20. The molecule has 0 radical (unpaired) electrons. The van der Waals surface area contributed by atoms with Gasteiger partial charge in [0.2, 0.25) is 5.91 Å². The van der Waals surface area contributed by atoms with Crippen molar-refractivity contribution in [2.24, 2.45) is 5.73 Å². The lowest BCUT2D eigenvalue weighted by Gasteiger charge is -2.17. The summed E-state index contributed by atoms with van der Waals surface area (Å²) < 4.78 is 13.3. The number of anilines is 1. The highest BCUT2D eigenvalue weighted by molar-refractivity contribution is 6.30. The van der Waals surface area contributed by atoms with E-state index in [1.165, 1.54) is 18.2 Å². The van der Waals surface area contributed by atoms with Gasteiger partial charge in [-0.05, 0) is 32.0 Å². The molecule has 16 heavy (non-hydrogen) atoms. The Labute approximate surface area is 98.8 Å². The third-order valence-electron chi connectivity index (χ3n) is 1.82. The van der Waals surface area contributed by atoms with Crippen LogP contribution in [-0.2, 0) is 4.79 Å². The van der Waals surface area contributed by atoms with E-state index in [0.29, 0.717) is 5.02 Å². The normalized spacial score (nSPS) is 11.3. The van der Waals surface area contributed by atoms with E-state index in [0.717, 1.165) is 0 Å². The minimum absolute atomic E-state index is 0.0711. The van der Waals surface area contributed by atoms with E-state index in [1.54, 1.807) is 13.8 Å². The van der Waals surface area contributed by atoms with E-state index in [1.807, 2.05) is 0 Å². The van der Waals surface area contributed by atoms with Crippen molar-refractivity contribution < 1.29 is 9.18 Å². The molecular weight excluding hydrogens is 231 g/mol. The Kier molecular flexibility index (Phi) is 3.88. The van der Waals surface area contributed by atoms with Crippen LogP contribution >= 0.6 is 11.6 Å². The fourth-order valence-corrected chi connectivity index (χ4v) is 1.37. The van der Waals surface area contributed by atoms with Gasteiger partial charge < -0.3 is 11.1 Å². The Morgan fingerprint density at radius 1 is 1.56 bits per heavy atom. The first-order chi connectivity index (χ1) is 7.28. The number of amides is 1. The minimum atomic E-state index is -0.626. The van der Waals surface area contributed by atoms with Gasteiger partial charge in [-0.1, -0.05) is 11.6 Å². The lowest BCUT2D eigenvalue weighted by atomic mass is 10.0. The van der Waals surface area contributed by atoms with Gasteiger partial charge in [0, 0.05) is 17.0 Å². The van der Waals surface area contributed by atoms with Crippen molar-refractivity contribution in [1.29, 1.82) is 0 Å². The van der Waals surface area contributed by atoms with Crippen LogP contribution < -0.4 is 11.1 Å². The molecule has 0 saturated carbocycles. The van der Waals surface area contributed by atoms with Gasteiger partial charge >= 0.3 is 0 Å². The van der Waals surface area contributed by atoms with Gasteiger partial charge in [-0.25, -0.2) is 4.39 Å². The largest absolute Gasteiger partial charge is 0.325 e. The molecule has 0 saturated heterocycles. The van der Waals surface area contributed by atoms with E-state index < -0.39 is 11.4 Å². The van der Waals surface area contributed by atoms with Crippen LogP contribution in [0.1, 0.15) is 20.3 Å². The SMILES string of the molecule is CC(C)(N)CC(=O)Nc1cc(Cl)ccc1F. The number of halogens is 2. The average molecular weight is 245 g/mol. The lowest BCUT2D eigenvalue weighted by Crippen LogP contribution is -2.36. The van der Waals surface area contributed by atoms with Crippen LogP contribution in [0.2, 0.25) is 5.02 Å². The summed E-state index contributed by atoms with van der Waals surface area (Å²) in [7, 11) is 0. The molecule has 88 valence electrons. The zero-order valence-electron chi connectivity index (χ0n) is 9.18. The second kappa shape index (κ2) is 4.80. The van der Waals surface area contributed by atoms with Crippen molar-refractivity contribution in [1.82, 2.24) is 0 Å². The molecule has 0 atom stereocenters. The number of hydrogen-bond acceptors (Lipinski definition) is 2. The predicted octanol–water partition coefficient (Wildman–Crippen LogP) is 2.54. The summed E-state index contributed by atoms with van der Waals surface area (Å²) in [4.78, 5) is 11.5. The predicted molar refractivity (Wildman–Crippen MR) is 62.9 cm³/mol. The molecule has 0 spiro atoms. The monoisotopic (exact) mass is 244 g/mol. The van der Waals surface area contributed by atoms with Gasteiger partial charge in [0.15, 0.2) is 0 Å². The fourth-order valence-electron chi connectivity index (χ4n) is 1.20. The Morgan fingerprint density at radius 3 is 2.75 bits per heavy atom. The molecule has 0 aliphatic rings. The van der Waals surface area contributed by atoms with Crippen LogP contribution in [0, 0.1) is 5.82 Å². The number of nitrogens with one attached hydrogen (secondary N) is 1. The quantitative estimate of drug-likeness (QED) is 0.859. The van der Waals surface area contributed by atoms with Crippen molar-refractivity contribution in [3.8, 4) is 0 Å². The van der Waals surface area contributed by atoms with E-state index in [9.17, 15) is 9.18 Å². The van der Waals surface area contributed by atoms with Crippen molar-refractivity contribution in [3.63, 3.8) is 0 Å². The van der Waals surface area contributed by atoms with Gasteiger partial charge in [-0.2, -0.15) is 0 Å². The van der Waals surface area contributed by atoms with E-state index in [-0.39, 0.29) is 18.0 Å². The molecule has 1 rings (SSSR count). The molecule has 0 unspecified atom stereocenters. The third kappa shape index (κ3) is 4.16. The summed E-state index contributed by atoms with van der Waals surface area (Å²) in [6, 6.07) is 3.98. The maximum atomic E-state index is 13.3. The second-order valence-corrected chi connectivity index (χ2v) is 4.77. The van der Waals surface area contributed by atoms with Gasteiger partial charge in [-0.3, -0.25) is 4.79 Å². The first-order valence-corrected chi connectivity index (χ1v) is 5.19. The molecule has 0 fully saturated rings. The summed E-state index contributed by atoms with van der Waals surface area (Å²) in [5.74, 6) is -0.860. The third-order valence-corrected chi connectivity index (χ3v) is 2.05. The fraction of sp³-hybridized carbons (Fsp3) is 0.364. The zero-order chi connectivity index (χ0) is 12.3. The summed E-state index contributed by atoms with van der Waals surface area (Å²) in [6.07, 6.45) is 0.110. The smallest absolute Gasteiger partial charge is 0.226 e. The number of carbonyl (C=O) groups excluding carboxylic acids is 1. The van der Waals surface area contributed by atoms with E-state index in [2.05, 4.69) is 5.32 Å². The summed E-state index contributed by atoms with van der Waals surface area (Å²) in [6.45, 7) is 3.45. The van der Waals surface area contributed by atoms with Crippen LogP contribution in [0.5, 0.6) is 0 Å². The number of benzene rings is 1. The van der Waals surface area contributed by atoms with Crippen LogP contribution in [0.25, 0.3) is 0 Å². The van der Waals surface area contributed by atoms with Gasteiger partial charge in [-0.15, -0.1) is 0 Å². The topological polar surface area (TPSA) is 55.1 Å². The van der Waals surface area contributed by atoms with Crippen molar-refractivity contribution in [2.45, 2.75) is 25.8 Å². The van der Waals surface area contributed by atoms with Crippen LogP contribution in [0.3, 0.4) is 0 Å². The Morgan fingerprint density at radius 2 is 2.19 bits per heavy atom. The molecule has 1 aromatic rings. The zero-order valence-corrected chi connectivity index (χ0v) is 9.94. The maximum Gasteiger partial charge on any atom is 0.226 e. The molecule has 1 aromatic carbocycles. The number of hydrogen-bond donors (Lipinski definition) is 2. The van der Waals surface area contributed by atoms with Crippen LogP contribution in [0.15, 0.2) is 18.2 Å². The van der Waals surface area contributed by atoms with Gasteiger partial charge in [0.1, 0.15) is 5.82 Å². The van der Waals surface area contributed by atoms with E-state index >= 15 is 0 Å². The molecule has 3 nitrogen and oxygen atoms in total. The number of carbonyl (C=O) groups is 1. The molecule has 0 aromatic heterocycles. The van der Waals surface area contributed by atoms with Gasteiger partial charge in [0.05, 0.1) is 5.69 Å². The molecule has 1 amide bonds. The highest BCUT2D eigenvalue weighted by Gasteiger charge is 2.17. The highest BCUT2D eigenvalue weighted by atomic mass is 35.5. The van der Waals surface area contributed by atoms with Crippen molar-refractivity contribution >= 4 is 23.2 Å². The second-order valence-electron chi connectivity index (χ2n) is 4.34. The first kappa shape index (κ1) is 12.9. The van der Waals surface area contributed by atoms with Crippen molar-refractivity contribution in [3.05, 3.63) is 29.0 Å². The Bertz CT molecular complexity index is 401. The molecule has 0 aliphatic carbocycles. The minimum Gasteiger partial charge on any atom is -0.325 e. The molecule has 0 aliphatic heterocycles. The Balaban J connectivity index is 2.73. The molecule has 3 N–H and O–H groups in total. The Hall–Kier alpha value is -1.13. The number of nitrogens with two attached hydrogens (primary N) is 1. The maximum absolute atomic E-state index is 13.3. The summed E-state index contributed by atoms with van der Waals surface area (Å²) in [5.41, 5.74) is 5.12. The average Bonchev–Trinajstić information content (AvgIpc) is 2.08. The van der Waals surface area contributed by atoms with Crippen LogP contribution in [0.4, 0.5) is 10.1 Å². The summed E-state index contributed by atoms with van der Waals surface area (Å²) in [5, 5.41) is 2.79. The van der Waals surface area contributed by atoms with Crippen molar-refractivity contribution in [2.75, 3.05) is 5.32 Å². The van der Waals surface area contributed by atoms with Gasteiger partial charge in [0.25, 0.3) is 0 Å². The van der Waals surface area contributed by atoms with E-state index in [4.69, 9.17) is 17.3 Å². The molecule has 5 heteroatoms. The molecule has 0 bridgehead atoms. The molecular formula is C11H14ClFN2O. The first-order valence-electron chi connectivity index (χ1n) is 4.82. The summed E-state index contributed by atoms with van der Waals surface area (Å²) >= 11 is 5.69. The molecule has 0 heterocycles.